The van der Waals surface area contributed by atoms with Crippen LogP contribution in [-0.2, 0) is 11.2 Å². The summed E-state index contributed by atoms with van der Waals surface area (Å²) in [7, 11) is 1.55. The van der Waals surface area contributed by atoms with Crippen molar-refractivity contribution in [1.29, 1.82) is 5.26 Å². The van der Waals surface area contributed by atoms with Gasteiger partial charge < -0.3 is 4.74 Å². The van der Waals surface area contributed by atoms with Crippen LogP contribution in [0, 0.1) is 11.3 Å². The highest BCUT2D eigenvalue weighted by atomic mass is 35.5. The molecule has 1 aromatic carbocycles. The first-order valence-electron chi connectivity index (χ1n) is 5.13. The molecule has 0 bridgehead atoms. The maximum atomic E-state index is 11.6. The second-order valence-corrected chi connectivity index (χ2v) is 4.20. The zero-order valence-corrected chi connectivity index (χ0v) is 10.0. The number of Topliss-reactive ketones (excluding diaryl/α,β-unsaturated/α-hetero) is 1. The number of nitrogens with zero attached hydrogens (tertiary/aromatic N) is 1. The highest BCUT2D eigenvalue weighted by molar-refractivity contribution is 6.32. The molecule has 0 unspecified atom stereocenters. The maximum Gasteiger partial charge on any atom is 0.173 e. The number of carbonyl (C=O) groups excluding carboxylic acids is 1. The molecule has 17 heavy (non-hydrogen) atoms. The van der Waals surface area contributed by atoms with Gasteiger partial charge in [0.05, 0.1) is 24.6 Å². The van der Waals surface area contributed by atoms with Crippen molar-refractivity contribution in [3.05, 3.63) is 33.9 Å². The van der Waals surface area contributed by atoms with E-state index in [9.17, 15) is 4.79 Å². The minimum Gasteiger partial charge on any atom is -0.495 e. The Morgan fingerprint density at radius 3 is 3.00 bits per heavy atom. The molecule has 2 rings (SSSR count). The summed E-state index contributed by atoms with van der Waals surface area (Å²) in [6.07, 6.45) is 2.26. The molecule has 3 nitrogen and oxygen atoms in total. The van der Waals surface area contributed by atoms with Gasteiger partial charge in [0.15, 0.2) is 5.78 Å². The Labute approximate surface area is 104 Å². The quantitative estimate of drug-likeness (QED) is 0.825. The molecule has 0 amide bonds. The first-order valence-corrected chi connectivity index (χ1v) is 5.50. The van der Waals surface area contributed by atoms with Crippen LogP contribution in [0.5, 0.6) is 5.75 Å². The van der Waals surface area contributed by atoms with Crippen molar-refractivity contribution >= 4 is 23.5 Å². The van der Waals surface area contributed by atoms with Gasteiger partial charge in [-0.1, -0.05) is 11.6 Å². The summed E-state index contributed by atoms with van der Waals surface area (Å²) < 4.78 is 5.11. The second-order valence-electron chi connectivity index (χ2n) is 3.79. The SMILES string of the molecule is COc1cc2c(cc1Cl)CC(C(=O)CC#N)=C2. The molecule has 86 valence electrons. The molecule has 0 N–H and O–H groups in total. The van der Waals surface area contributed by atoms with Gasteiger partial charge in [0.1, 0.15) is 5.75 Å². The van der Waals surface area contributed by atoms with E-state index in [-0.39, 0.29) is 12.2 Å². The van der Waals surface area contributed by atoms with Crippen molar-refractivity contribution in [2.75, 3.05) is 7.11 Å². The molecule has 1 aromatic rings. The van der Waals surface area contributed by atoms with Crippen LogP contribution in [0.1, 0.15) is 17.5 Å². The Hall–Kier alpha value is -1.79. The summed E-state index contributed by atoms with van der Waals surface area (Å²) in [6.45, 7) is 0. The smallest absolute Gasteiger partial charge is 0.173 e. The van der Waals surface area contributed by atoms with E-state index in [1.807, 2.05) is 12.1 Å². The van der Waals surface area contributed by atoms with Crippen molar-refractivity contribution in [1.82, 2.24) is 0 Å². The van der Waals surface area contributed by atoms with Gasteiger partial charge in [0.25, 0.3) is 0 Å². The normalized spacial score (nSPS) is 12.6. The molecular formula is C13H10ClNO2. The zero-order valence-electron chi connectivity index (χ0n) is 9.29. The van der Waals surface area contributed by atoms with E-state index in [2.05, 4.69) is 0 Å². The molecule has 0 fully saturated rings. The molecule has 4 heteroatoms. The minimum atomic E-state index is -0.126. The van der Waals surface area contributed by atoms with Crippen LogP contribution >= 0.6 is 11.6 Å². The van der Waals surface area contributed by atoms with Crippen LogP contribution in [0.3, 0.4) is 0 Å². The van der Waals surface area contributed by atoms with Crippen molar-refractivity contribution < 1.29 is 9.53 Å². The number of allylic oxidation sites excluding steroid dienone is 1. The van der Waals surface area contributed by atoms with Gasteiger partial charge in [-0.3, -0.25) is 4.79 Å². The number of hydrogen-bond donors (Lipinski definition) is 0. The lowest BCUT2D eigenvalue weighted by Crippen LogP contribution is -2.00. The lowest BCUT2D eigenvalue weighted by molar-refractivity contribution is -0.114. The summed E-state index contributed by atoms with van der Waals surface area (Å²) in [6, 6.07) is 5.48. The molecule has 0 spiro atoms. The van der Waals surface area contributed by atoms with E-state index in [1.54, 1.807) is 19.3 Å². The molecule has 1 aliphatic carbocycles. The minimum absolute atomic E-state index is 0.0787. The fourth-order valence-electron chi connectivity index (χ4n) is 1.86. The van der Waals surface area contributed by atoms with Crippen LogP contribution in [0.4, 0.5) is 0 Å². The van der Waals surface area contributed by atoms with E-state index in [4.69, 9.17) is 21.6 Å². The topological polar surface area (TPSA) is 50.1 Å². The monoisotopic (exact) mass is 247 g/mol. The molecule has 0 radical (unpaired) electrons. The number of fused-ring (bicyclic) bond motifs is 1. The number of methoxy groups -OCH3 is 1. The Kier molecular flexibility index (Phi) is 3.16. The number of hydrogen-bond acceptors (Lipinski definition) is 3. The third kappa shape index (κ3) is 2.17. The molecule has 0 aliphatic heterocycles. The number of ketones is 1. The van der Waals surface area contributed by atoms with E-state index < -0.39 is 0 Å². The average Bonchev–Trinajstić information content (AvgIpc) is 2.71. The molecule has 0 aromatic heterocycles. The van der Waals surface area contributed by atoms with Crippen molar-refractivity contribution in [3.63, 3.8) is 0 Å². The Bertz CT molecular complexity index is 555. The van der Waals surface area contributed by atoms with Crippen LogP contribution in [0.2, 0.25) is 5.02 Å². The van der Waals surface area contributed by atoms with E-state index >= 15 is 0 Å². The zero-order chi connectivity index (χ0) is 12.4. The van der Waals surface area contributed by atoms with Gasteiger partial charge in [0, 0.05) is 12.0 Å². The van der Waals surface area contributed by atoms with Gasteiger partial charge in [-0.2, -0.15) is 5.26 Å². The maximum absolute atomic E-state index is 11.6. The van der Waals surface area contributed by atoms with Gasteiger partial charge in [0.2, 0.25) is 0 Å². The first-order chi connectivity index (χ1) is 8.15. The fourth-order valence-corrected chi connectivity index (χ4v) is 2.13. The van der Waals surface area contributed by atoms with Crippen LogP contribution in [0.15, 0.2) is 17.7 Å². The highest BCUT2D eigenvalue weighted by Gasteiger charge is 2.20. The third-order valence-corrected chi connectivity index (χ3v) is 3.02. The molecule has 0 atom stereocenters. The molecule has 0 heterocycles. The van der Waals surface area contributed by atoms with E-state index in [0.29, 0.717) is 22.8 Å². The lowest BCUT2D eigenvalue weighted by atomic mass is 10.1. The van der Waals surface area contributed by atoms with Crippen molar-refractivity contribution in [2.45, 2.75) is 12.8 Å². The predicted octanol–water partition coefficient (Wildman–Crippen LogP) is 2.77. The second kappa shape index (κ2) is 4.60. The van der Waals surface area contributed by atoms with E-state index in [0.717, 1.165) is 11.1 Å². The number of benzene rings is 1. The van der Waals surface area contributed by atoms with Gasteiger partial charge in [-0.15, -0.1) is 0 Å². The molecule has 1 aliphatic rings. The largest absolute Gasteiger partial charge is 0.495 e. The third-order valence-electron chi connectivity index (χ3n) is 2.72. The average molecular weight is 248 g/mol. The van der Waals surface area contributed by atoms with Crippen LogP contribution in [0.25, 0.3) is 6.08 Å². The number of ether oxygens (including phenoxy) is 1. The van der Waals surface area contributed by atoms with Crippen molar-refractivity contribution in [2.24, 2.45) is 0 Å². The first kappa shape index (κ1) is 11.7. The van der Waals surface area contributed by atoms with Gasteiger partial charge in [-0.05, 0) is 29.3 Å². The standard InChI is InChI=1S/C13H10ClNO2/c1-17-13-7-9-5-10(12(16)2-3-15)4-8(9)6-11(13)14/h5-7H,2,4H2,1H3. The van der Waals surface area contributed by atoms with Gasteiger partial charge >= 0.3 is 0 Å². The highest BCUT2D eigenvalue weighted by Crippen LogP contribution is 2.34. The number of nitriles is 1. The number of rotatable bonds is 3. The number of halogens is 1. The molecule has 0 saturated carbocycles. The van der Waals surface area contributed by atoms with Crippen LogP contribution in [-0.4, -0.2) is 12.9 Å². The fraction of sp³-hybridized carbons (Fsp3) is 0.231. The van der Waals surface area contributed by atoms with Crippen molar-refractivity contribution in [3.8, 4) is 11.8 Å². The predicted molar refractivity (Wildman–Crippen MR) is 64.9 cm³/mol. The summed E-state index contributed by atoms with van der Waals surface area (Å²) in [4.78, 5) is 11.6. The summed E-state index contributed by atoms with van der Waals surface area (Å²) >= 11 is 6.01. The Morgan fingerprint density at radius 1 is 1.59 bits per heavy atom. The Balaban J connectivity index is 2.33. The lowest BCUT2D eigenvalue weighted by Gasteiger charge is -2.05. The molecular weight excluding hydrogens is 238 g/mol. The summed E-state index contributed by atoms with van der Waals surface area (Å²) in [5.74, 6) is 0.467. The van der Waals surface area contributed by atoms with Crippen LogP contribution < -0.4 is 4.74 Å². The number of carbonyl (C=O) groups is 1. The Morgan fingerprint density at radius 2 is 2.35 bits per heavy atom. The summed E-state index contributed by atoms with van der Waals surface area (Å²) in [5.41, 5.74) is 2.59. The van der Waals surface area contributed by atoms with Gasteiger partial charge in [-0.25, -0.2) is 0 Å². The summed E-state index contributed by atoms with van der Waals surface area (Å²) in [5, 5.41) is 9.04. The molecule has 0 saturated heterocycles. The van der Waals surface area contributed by atoms with E-state index in [1.165, 1.54) is 0 Å².